The topological polar surface area (TPSA) is 114 Å². The van der Waals surface area contributed by atoms with Crippen LogP contribution < -0.4 is 21.7 Å². The zero-order chi connectivity index (χ0) is 13.7. The van der Waals surface area contributed by atoms with Crippen molar-refractivity contribution >= 4 is 23.3 Å². The highest BCUT2D eigenvalue weighted by Gasteiger charge is 2.14. The third-order valence-corrected chi connectivity index (χ3v) is 2.50. The Morgan fingerprint density at radius 2 is 2.17 bits per heavy atom. The first-order valence-corrected chi connectivity index (χ1v) is 5.50. The number of primary amides is 1. The molecule has 0 aliphatic carbocycles. The summed E-state index contributed by atoms with van der Waals surface area (Å²) in [7, 11) is 1.56. The molecule has 1 heterocycles. The molecule has 98 valence electrons. The van der Waals surface area contributed by atoms with E-state index in [2.05, 4.69) is 10.3 Å². The molecule has 7 heteroatoms. The fourth-order valence-electron chi connectivity index (χ4n) is 1.45. The van der Waals surface area contributed by atoms with Crippen LogP contribution in [0, 0.1) is 0 Å². The second-order valence-electron chi connectivity index (χ2n) is 3.68. The van der Waals surface area contributed by atoms with E-state index < -0.39 is 5.91 Å². The number of amides is 2. The van der Waals surface area contributed by atoms with Crippen LogP contribution in [0.4, 0.5) is 11.5 Å². The highest BCUT2D eigenvalue weighted by molar-refractivity contribution is 5.98. The van der Waals surface area contributed by atoms with Gasteiger partial charge in [0, 0.05) is 13.6 Å². The first-order valence-electron chi connectivity index (χ1n) is 5.50. The van der Waals surface area contributed by atoms with Crippen LogP contribution in [-0.4, -0.2) is 36.9 Å². The second kappa shape index (κ2) is 5.85. The smallest absolute Gasteiger partial charge is 0.250 e. The number of hydrogen-bond acceptors (Lipinski definition) is 5. The summed E-state index contributed by atoms with van der Waals surface area (Å²) in [6.45, 7) is 2.61. The van der Waals surface area contributed by atoms with E-state index in [-0.39, 0.29) is 23.7 Å². The number of nitrogen functional groups attached to an aromatic ring is 1. The largest absolute Gasteiger partial charge is 0.397 e. The number of carbonyl (C=O) groups excluding carboxylic acids is 2. The molecule has 0 saturated heterocycles. The number of carbonyl (C=O) groups is 2. The number of pyridine rings is 1. The maximum absolute atomic E-state index is 11.3. The quantitative estimate of drug-likeness (QED) is 0.642. The molecule has 0 aliphatic heterocycles. The Labute approximate surface area is 105 Å². The zero-order valence-corrected chi connectivity index (χ0v) is 10.4. The lowest BCUT2D eigenvalue weighted by molar-refractivity contribution is -0.119. The molecule has 0 aromatic carbocycles. The highest BCUT2D eigenvalue weighted by Crippen LogP contribution is 2.17. The van der Waals surface area contributed by atoms with Crippen LogP contribution in [-0.2, 0) is 4.79 Å². The van der Waals surface area contributed by atoms with Gasteiger partial charge in [-0.05, 0) is 13.0 Å². The number of rotatable bonds is 5. The van der Waals surface area contributed by atoms with E-state index in [1.165, 1.54) is 12.3 Å². The molecule has 0 bridgehead atoms. The van der Waals surface area contributed by atoms with Gasteiger partial charge in [-0.15, -0.1) is 0 Å². The molecule has 5 N–H and O–H groups in total. The van der Waals surface area contributed by atoms with Crippen LogP contribution in [0.3, 0.4) is 0 Å². The molecule has 1 rings (SSSR count). The van der Waals surface area contributed by atoms with Gasteiger partial charge in [0.1, 0.15) is 5.82 Å². The second-order valence-corrected chi connectivity index (χ2v) is 3.68. The summed E-state index contributed by atoms with van der Waals surface area (Å²) in [5, 5.41) is 2.52. The van der Waals surface area contributed by atoms with E-state index in [0.717, 1.165) is 0 Å². The number of nitrogens with zero attached hydrogens (tertiary/aromatic N) is 2. The Morgan fingerprint density at radius 1 is 1.50 bits per heavy atom. The molecular formula is C11H17N5O2. The molecule has 0 unspecified atom stereocenters. The number of nitrogens with two attached hydrogens (primary N) is 2. The third kappa shape index (κ3) is 3.09. The summed E-state index contributed by atoms with van der Waals surface area (Å²) in [5.74, 6) is -0.271. The lowest BCUT2D eigenvalue weighted by Crippen LogP contribution is -2.36. The normalized spacial score (nSPS) is 9.89. The van der Waals surface area contributed by atoms with Gasteiger partial charge >= 0.3 is 0 Å². The first-order chi connectivity index (χ1) is 8.49. The Bertz CT molecular complexity index is 461. The SMILES string of the molecule is CCN(CC(=O)NC)c1cc(C(N)=O)c(N)cn1. The minimum Gasteiger partial charge on any atom is -0.397 e. The number of aromatic nitrogens is 1. The van der Waals surface area contributed by atoms with Crippen molar-refractivity contribution in [1.29, 1.82) is 0 Å². The van der Waals surface area contributed by atoms with E-state index in [9.17, 15) is 9.59 Å². The van der Waals surface area contributed by atoms with Crippen molar-refractivity contribution < 1.29 is 9.59 Å². The molecule has 0 radical (unpaired) electrons. The summed E-state index contributed by atoms with van der Waals surface area (Å²) in [6.07, 6.45) is 1.36. The highest BCUT2D eigenvalue weighted by atomic mass is 16.2. The summed E-state index contributed by atoms with van der Waals surface area (Å²) < 4.78 is 0. The van der Waals surface area contributed by atoms with Gasteiger partial charge in [-0.25, -0.2) is 4.98 Å². The van der Waals surface area contributed by atoms with E-state index in [1.54, 1.807) is 11.9 Å². The molecule has 1 aromatic rings. The molecule has 18 heavy (non-hydrogen) atoms. The average Bonchev–Trinajstić information content (AvgIpc) is 2.36. The van der Waals surface area contributed by atoms with Crippen LogP contribution in [0.2, 0.25) is 0 Å². The van der Waals surface area contributed by atoms with Gasteiger partial charge in [-0.2, -0.15) is 0 Å². The molecular weight excluding hydrogens is 234 g/mol. The molecule has 0 fully saturated rings. The van der Waals surface area contributed by atoms with Crippen LogP contribution in [0.1, 0.15) is 17.3 Å². The minimum absolute atomic E-state index is 0.142. The lowest BCUT2D eigenvalue weighted by Gasteiger charge is -2.21. The molecule has 0 saturated carbocycles. The average molecular weight is 251 g/mol. The Morgan fingerprint density at radius 3 is 2.67 bits per heavy atom. The van der Waals surface area contributed by atoms with Gasteiger partial charge in [0.15, 0.2) is 0 Å². The molecule has 1 aromatic heterocycles. The van der Waals surface area contributed by atoms with Crippen LogP contribution in [0.5, 0.6) is 0 Å². The van der Waals surface area contributed by atoms with Gasteiger partial charge in [-0.3, -0.25) is 9.59 Å². The number of nitrogens with one attached hydrogen (secondary N) is 1. The standard InChI is InChI=1S/C11H17N5O2/c1-3-16(6-10(17)14-2)9-4-7(11(13)18)8(12)5-15-9/h4-5H,3,6,12H2,1-2H3,(H2,13,18)(H,14,17). The van der Waals surface area contributed by atoms with E-state index in [0.29, 0.717) is 12.4 Å². The maximum atomic E-state index is 11.3. The summed E-state index contributed by atoms with van der Waals surface area (Å²) in [5.41, 5.74) is 11.2. The van der Waals surface area contributed by atoms with Crippen molar-refractivity contribution in [3.05, 3.63) is 17.8 Å². The Balaban J connectivity index is 3.03. The van der Waals surface area contributed by atoms with Crippen LogP contribution >= 0.6 is 0 Å². The van der Waals surface area contributed by atoms with Crippen molar-refractivity contribution in [2.45, 2.75) is 6.92 Å². The van der Waals surface area contributed by atoms with Crippen molar-refractivity contribution in [3.63, 3.8) is 0 Å². The van der Waals surface area contributed by atoms with Crippen LogP contribution in [0.15, 0.2) is 12.3 Å². The fraction of sp³-hybridized carbons (Fsp3) is 0.364. The minimum atomic E-state index is -0.618. The zero-order valence-electron chi connectivity index (χ0n) is 10.4. The lowest BCUT2D eigenvalue weighted by atomic mass is 10.2. The Hall–Kier alpha value is -2.31. The molecule has 7 nitrogen and oxygen atoms in total. The molecule has 0 spiro atoms. The summed E-state index contributed by atoms with van der Waals surface area (Å²) in [6, 6.07) is 1.49. The van der Waals surface area contributed by atoms with Crippen LogP contribution in [0.25, 0.3) is 0 Å². The predicted molar refractivity (Wildman–Crippen MR) is 69.1 cm³/mol. The van der Waals surface area contributed by atoms with E-state index in [1.807, 2.05) is 6.92 Å². The van der Waals surface area contributed by atoms with E-state index >= 15 is 0 Å². The summed E-state index contributed by atoms with van der Waals surface area (Å²) >= 11 is 0. The van der Waals surface area contributed by atoms with Crippen molar-refractivity contribution in [1.82, 2.24) is 10.3 Å². The third-order valence-electron chi connectivity index (χ3n) is 2.50. The van der Waals surface area contributed by atoms with Crippen molar-refractivity contribution in [2.24, 2.45) is 5.73 Å². The predicted octanol–water partition coefficient (Wildman–Crippen LogP) is -0.665. The van der Waals surface area contributed by atoms with Gasteiger partial charge < -0.3 is 21.7 Å². The van der Waals surface area contributed by atoms with Gasteiger partial charge in [0.25, 0.3) is 5.91 Å². The first kappa shape index (κ1) is 13.8. The number of anilines is 2. The fourth-order valence-corrected chi connectivity index (χ4v) is 1.45. The van der Waals surface area contributed by atoms with Gasteiger partial charge in [-0.1, -0.05) is 0 Å². The molecule has 0 atom stereocenters. The van der Waals surface area contributed by atoms with Crippen molar-refractivity contribution in [3.8, 4) is 0 Å². The van der Waals surface area contributed by atoms with Gasteiger partial charge in [0.05, 0.1) is 24.0 Å². The van der Waals surface area contributed by atoms with E-state index in [4.69, 9.17) is 11.5 Å². The molecule has 0 aliphatic rings. The summed E-state index contributed by atoms with van der Waals surface area (Å²) in [4.78, 5) is 28.3. The number of likely N-dealkylation sites (N-methyl/N-ethyl adjacent to an activating group) is 2. The van der Waals surface area contributed by atoms with Gasteiger partial charge in [0.2, 0.25) is 5.91 Å². The maximum Gasteiger partial charge on any atom is 0.250 e. The van der Waals surface area contributed by atoms with Crippen molar-refractivity contribution in [2.75, 3.05) is 30.8 Å². The monoisotopic (exact) mass is 251 g/mol. The Kier molecular flexibility index (Phi) is 4.47. The molecule has 2 amide bonds. The number of hydrogen-bond donors (Lipinski definition) is 3.